The van der Waals surface area contributed by atoms with Crippen molar-refractivity contribution in [2.24, 2.45) is 0 Å². The summed E-state index contributed by atoms with van der Waals surface area (Å²) in [7, 11) is 0. The van der Waals surface area contributed by atoms with E-state index in [1.165, 1.54) is 58.3 Å². The lowest BCUT2D eigenvalue weighted by molar-refractivity contribution is -0.140. The van der Waals surface area contributed by atoms with Crippen molar-refractivity contribution in [3.63, 3.8) is 0 Å². The Balaban J connectivity index is 3.36. The maximum absolute atomic E-state index is 11.4. The van der Waals surface area contributed by atoms with Gasteiger partial charge in [0.2, 0.25) is 0 Å². The molecule has 0 aromatic heterocycles. The van der Waals surface area contributed by atoms with Crippen LogP contribution in [0.25, 0.3) is 0 Å². The van der Waals surface area contributed by atoms with Crippen LogP contribution in [-0.4, -0.2) is 23.7 Å². The largest absolute Gasteiger partial charge is 0.478 e. The van der Waals surface area contributed by atoms with Crippen LogP contribution in [0.4, 0.5) is 0 Å². The van der Waals surface area contributed by atoms with Crippen LogP contribution in [0.3, 0.4) is 0 Å². The predicted molar refractivity (Wildman–Crippen MR) is 84.2 cm³/mol. The smallest absolute Gasteiger partial charge is 0.333 e. The standard InChI is InChI=1S/C17H30O4/c1-3-4-5-6-7-8-9-10-11-12-13-21-17(20)15(2)14-16(18)19/h14H,3-13H2,1-2H3,(H,18,19)/b15-14-. The average molecular weight is 298 g/mol. The van der Waals surface area contributed by atoms with Crippen LogP contribution in [0, 0.1) is 0 Å². The van der Waals surface area contributed by atoms with E-state index in [1.807, 2.05) is 0 Å². The van der Waals surface area contributed by atoms with Gasteiger partial charge in [-0.15, -0.1) is 0 Å². The van der Waals surface area contributed by atoms with Gasteiger partial charge in [0.05, 0.1) is 6.61 Å². The zero-order chi connectivity index (χ0) is 15.9. The summed E-state index contributed by atoms with van der Waals surface area (Å²) in [5.41, 5.74) is 0.134. The van der Waals surface area contributed by atoms with Gasteiger partial charge in [0.25, 0.3) is 0 Å². The summed E-state index contributed by atoms with van der Waals surface area (Å²) in [6, 6.07) is 0. The lowest BCUT2D eigenvalue weighted by Gasteiger charge is -2.05. The number of rotatable bonds is 13. The van der Waals surface area contributed by atoms with Crippen LogP contribution in [0.2, 0.25) is 0 Å². The van der Waals surface area contributed by atoms with E-state index in [0.29, 0.717) is 6.61 Å². The van der Waals surface area contributed by atoms with Crippen LogP contribution in [-0.2, 0) is 14.3 Å². The van der Waals surface area contributed by atoms with Gasteiger partial charge in [0.1, 0.15) is 0 Å². The van der Waals surface area contributed by atoms with Gasteiger partial charge < -0.3 is 9.84 Å². The third-order valence-corrected chi connectivity index (χ3v) is 3.39. The third-order valence-electron chi connectivity index (χ3n) is 3.39. The lowest BCUT2D eigenvalue weighted by Crippen LogP contribution is -2.08. The number of hydrogen-bond acceptors (Lipinski definition) is 3. The highest BCUT2D eigenvalue weighted by atomic mass is 16.5. The second-order valence-electron chi connectivity index (χ2n) is 5.48. The minimum Gasteiger partial charge on any atom is -0.478 e. The molecule has 0 aliphatic heterocycles. The van der Waals surface area contributed by atoms with Crippen LogP contribution < -0.4 is 0 Å². The predicted octanol–water partition coefficient (Wildman–Crippen LogP) is 4.48. The molecule has 0 aliphatic rings. The molecule has 0 heterocycles. The van der Waals surface area contributed by atoms with Gasteiger partial charge in [0.15, 0.2) is 0 Å². The van der Waals surface area contributed by atoms with Gasteiger partial charge in [-0.2, -0.15) is 0 Å². The lowest BCUT2D eigenvalue weighted by atomic mass is 10.1. The topological polar surface area (TPSA) is 63.6 Å². The van der Waals surface area contributed by atoms with Gasteiger partial charge in [-0.05, 0) is 13.3 Å². The maximum Gasteiger partial charge on any atom is 0.333 e. The molecule has 0 aliphatic carbocycles. The van der Waals surface area contributed by atoms with Crippen molar-refractivity contribution in [2.45, 2.75) is 78.1 Å². The Hall–Kier alpha value is -1.32. The monoisotopic (exact) mass is 298 g/mol. The average Bonchev–Trinajstić information content (AvgIpc) is 2.43. The molecule has 4 nitrogen and oxygen atoms in total. The number of ether oxygens (including phenoxy) is 1. The van der Waals surface area contributed by atoms with Crippen LogP contribution in [0.5, 0.6) is 0 Å². The summed E-state index contributed by atoms with van der Waals surface area (Å²) in [5.74, 6) is -1.66. The van der Waals surface area contributed by atoms with Gasteiger partial charge in [0, 0.05) is 11.6 Å². The number of carboxylic acids is 1. The molecular weight excluding hydrogens is 268 g/mol. The Labute approximate surface area is 128 Å². The molecule has 0 saturated carbocycles. The van der Waals surface area contributed by atoms with Gasteiger partial charge in [-0.1, -0.05) is 64.7 Å². The molecule has 0 aromatic carbocycles. The molecule has 0 bridgehead atoms. The fraction of sp³-hybridized carbons (Fsp3) is 0.765. The van der Waals surface area contributed by atoms with E-state index in [-0.39, 0.29) is 5.57 Å². The number of esters is 1. The molecule has 0 rings (SSSR count). The van der Waals surface area contributed by atoms with Crippen molar-refractivity contribution in [1.82, 2.24) is 0 Å². The summed E-state index contributed by atoms with van der Waals surface area (Å²) >= 11 is 0. The Kier molecular flexibility index (Phi) is 12.8. The van der Waals surface area contributed by atoms with E-state index in [9.17, 15) is 9.59 Å². The maximum atomic E-state index is 11.4. The summed E-state index contributed by atoms with van der Waals surface area (Å²) in [6.45, 7) is 4.06. The number of unbranched alkanes of at least 4 members (excludes halogenated alkanes) is 9. The van der Waals surface area contributed by atoms with Crippen molar-refractivity contribution in [3.05, 3.63) is 11.6 Å². The molecular formula is C17H30O4. The summed E-state index contributed by atoms with van der Waals surface area (Å²) in [4.78, 5) is 21.8. The molecule has 0 radical (unpaired) electrons. The van der Waals surface area contributed by atoms with Gasteiger partial charge >= 0.3 is 11.9 Å². The number of hydrogen-bond donors (Lipinski definition) is 1. The van der Waals surface area contributed by atoms with E-state index in [1.54, 1.807) is 0 Å². The Morgan fingerprint density at radius 2 is 1.38 bits per heavy atom. The zero-order valence-corrected chi connectivity index (χ0v) is 13.5. The van der Waals surface area contributed by atoms with E-state index < -0.39 is 11.9 Å². The van der Waals surface area contributed by atoms with E-state index in [0.717, 1.165) is 18.9 Å². The van der Waals surface area contributed by atoms with E-state index in [2.05, 4.69) is 6.92 Å². The first-order chi connectivity index (χ1) is 10.1. The Morgan fingerprint density at radius 1 is 0.905 bits per heavy atom. The van der Waals surface area contributed by atoms with Crippen LogP contribution in [0.1, 0.15) is 78.1 Å². The first-order valence-electron chi connectivity index (χ1n) is 8.16. The number of carbonyl (C=O) groups is 2. The first kappa shape index (κ1) is 19.7. The minimum absolute atomic E-state index is 0.134. The third kappa shape index (κ3) is 13.4. The van der Waals surface area contributed by atoms with Crippen molar-refractivity contribution in [2.75, 3.05) is 6.61 Å². The molecule has 0 spiro atoms. The van der Waals surface area contributed by atoms with Crippen molar-refractivity contribution >= 4 is 11.9 Å². The second-order valence-corrected chi connectivity index (χ2v) is 5.48. The van der Waals surface area contributed by atoms with Gasteiger partial charge in [-0.25, -0.2) is 9.59 Å². The summed E-state index contributed by atoms with van der Waals surface area (Å²) in [6.07, 6.45) is 13.2. The van der Waals surface area contributed by atoms with Crippen LogP contribution >= 0.6 is 0 Å². The molecule has 0 saturated heterocycles. The van der Waals surface area contributed by atoms with Crippen LogP contribution in [0.15, 0.2) is 11.6 Å². The molecule has 0 unspecified atom stereocenters. The van der Waals surface area contributed by atoms with Crippen molar-refractivity contribution in [1.29, 1.82) is 0 Å². The normalized spacial score (nSPS) is 11.4. The number of carbonyl (C=O) groups excluding carboxylic acids is 1. The molecule has 1 N–H and O–H groups in total. The highest BCUT2D eigenvalue weighted by molar-refractivity contribution is 5.95. The Bertz CT molecular complexity index is 321. The summed E-state index contributed by atoms with van der Waals surface area (Å²) < 4.78 is 5.01. The number of carboxylic acid groups (broad SMARTS) is 1. The van der Waals surface area contributed by atoms with E-state index >= 15 is 0 Å². The molecule has 0 aromatic rings. The van der Waals surface area contributed by atoms with Crippen molar-refractivity contribution < 1.29 is 19.4 Å². The number of aliphatic carboxylic acids is 1. The fourth-order valence-electron chi connectivity index (χ4n) is 2.11. The zero-order valence-electron chi connectivity index (χ0n) is 13.5. The molecule has 0 amide bonds. The minimum atomic E-state index is -1.12. The molecule has 4 heteroatoms. The second kappa shape index (κ2) is 13.7. The van der Waals surface area contributed by atoms with Gasteiger partial charge in [-0.3, -0.25) is 0 Å². The molecule has 122 valence electrons. The quantitative estimate of drug-likeness (QED) is 0.309. The SMILES string of the molecule is CCCCCCCCCCCCOC(=O)/C(C)=C\C(=O)O. The molecule has 0 fully saturated rings. The molecule has 0 atom stereocenters. The highest BCUT2D eigenvalue weighted by Gasteiger charge is 2.06. The molecule has 21 heavy (non-hydrogen) atoms. The highest BCUT2D eigenvalue weighted by Crippen LogP contribution is 2.10. The first-order valence-corrected chi connectivity index (χ1v) is 8.16. The van der Waals surface area contributed by atoms with E-state index in [4.69, 9.17) is 9.84 Å². The Morgan fingerprint density at radius 3 is 1.86 bits per heavy atom. The van der Waals surface area contributed by atoms with Crippen molar-refractivity contribution in [3.8, 4) is 0 Å². The fourth-order valence-corrected chi connectivity index (χ4v) is 2.11. The summed E-state index contributed by atoms with van der Waals surface area (Å²) in [5, 5.41) is 8.51.